The molecule has 0 bridgehead atoms. The number of morpholine rings is 1. The summed E-state index contributed by atoms with van der Waals surface area (Å²) in [6.07, 6.45) is 3.06. The number of nitrogens with zero attached hydrogens (tertiary/aromatic N) is 1. The predicted molar refractivity (Wildman–Crippen MR) is 93.3 cm³/mol. The van der Waals surface area contributed by atoms with E-state index in [9.17, 15) is 9.18 Å². The standard InChI is InChI=1S/C20H18FNO4/c21-16-5-3-15(4-6-16)19-12-22(9-10-24-19)20(23)8-2-14-1-7-17-18(11-14)26-13-25-17/h1-8,11,19H,9-10,12-13H2/b8-2+. The third kappa shape index (κ3) is 3.55. The number of hydrogen-bond acceptors (Lipinski definition) is 4. The lowest BCUT2D eigenvalue weighted by Gasteiger charge is -2.32. The van der Waals surface area contributed by atoms with E-state index in [-0.39, 0.29) is 24.6 Å². The Bertz CT molecular complexity index is 834. The minimum absolute atomic E-state index is 0.0851. The minimum Gasteiger partial charge on any atom is -0.454 e. The molecule has 2 aromatic rings. The predicted octanol–water partition coefficient (Wildman–Crippen LogP) is 3.17. The molecule has 4 rings (SSSR count). The van der Waals surface area contributed by atoms with Crippen LogP contribution in [0.5, 0.6) is 11.5 Å². The van der Waals surface area contributed by atoms with Crippen LogP contribution in [-0.2, 0) is 9.53 Å². The van der Waals surface area contributed by atoms with E-state index in [0.29, 0.717) is 31.2 Å². The zero-order valence-electron chi connectivity index (χ0n) is 14.1. The Labute approximate surface area is 150 Å². The molecule has 2 aromatic carbocycles. The number of carbonyl (C=O) groups excluding carboxylic acids is 1. The second kappa shape index (κ2) is 7.17. The Morgan fingerprint density at radius 2 is 1.92 bits per heavy atom. The van der Waals surface area contributed by atoms with E-state index in [1.54, 1.807) is 29.2 Å². The maximum Gasteiger partial charge on any atom is 0.246 e. The van der Waals surface area contributed by atoms with Gasteiger partial charge in [0, 0.05) is 12.6 Å². The first-order valence-corrected chi connectivity index (χ1v) is 8.43. The molecule has 0 radical (unpaired) electrons. The van der Waals surface area contributed by atoms with Gasteiger partial charge in [-0.25, -0.2) is 4.39 Å². The smallest absolute Gasteiger partial charge is 0.246 e. The fourth-order valence-corrected chi connectivity index (χ4v) is 3.02. The number of hydrogen-bond donors (Lipinski definition) is 0. The van der Waals surface area contributed by atoms with Crippen LogP contribution in [0.25, 0.3) is 6.08 Å². The summed E-state index contributed by atoms with van der Waals surface area (Å²) < 4.78 is 29.4. The van der Waals surface area contributed by atoms with Crippen LogP contribution in [0.1, 0.15) is 17.2 Å². The average Bonchev–Trinajstić information content (AvgIpc) is 3.14. The number of halogens is 1. The average molecular weight is 355 g/mol. The second-order valence-electron chi connectivity index (χ2n) is 6.14. The minimum atomic E-state index is -0.288. The quantitative estimate of drug-likeness (QED) is 0.794. The van der Waals surface area contributed by atoms with Gasteiger partial charge >= 0.3 is 0 Å². The molecule has 26 heavy (non-hydrogen) atoms. The van der Waals surface area contributed by atoms with Crippen molar-refractivity contribution in [1.82, 2.24) is 4.90 Å². The third-order valence-corrected chi connectivity index (χ3v) is 4.43. The van der Waals surface area contributed by atoms with Crippen molar-refractivity contribution in [2.45, 2.75) is 6.10 Å². The van der Waals surface area contributed by atoms with Gasteiger partial charge in [-0.1, -0.05) is 18.2 Å². The third-order valence-electron chi connectivity index (χ3n) is 4.43. The largest absolute Gasteiger partial charge is 0.454 e. The fraction of sp³-hybridized carbons (Fsp3) is 0.250. The van der Waals surface area contributed by atoms with Gasteiger partial charge in [-0.3, -0.25) is 4.79 Å². The van der Waals surface area contributed by atoms with Crippen LogP contribution in [0.3, 0.4) is 0 Å². The van der Waals surface area contributed by atoms with Crippen molar-refractivity contribution in [2.24, 2.45) is 0 Å². The topological polar surface area (TPSA) is 48.0 Å². The highest BCUT2D eigenvalue weighted by Crippen LogP contribution is 2.32. The molecule has 2 heterocycles. The van der Waals surface area contributed by atoms with Crippen LogP contribution in [0.4, 0.5) is 4.39 Å². The molecule has 0 saturated carbocycles. The van der Waals surface area contributed by atoms with E-state index in [2.05, 4.69) is 0 Å². The first-order valence-electron chi connectivity index (χ1n) is 8.43. The summed E-state index contributed by atoms with van der Waals surface area (Å²) in [7, 11) is 0. The summed E-state index contributed by atoms with van der Waals surface area (Å²) in [6.45, 7) is 1.64. The lowest BCUT2D eigenvalue weighted by molar-refractivity contribution is -0.133. The van der Waals surface area contributed by atoms with Gasteiger partial charge in [0.2, 0.25) is 12.7 Å². The molecule has 1 unspecified atom stereocenters. The zero-order valence-corrected chi connectivity index (χ0v) is 14.1. The van der Waals surface area contributed by atoms with Crippen LogP contribution in [0.15, 0.2) is 48.5 Å². The van der Waals surface area contributed by atoms with Crippen LogP contribution in [0.2, 0.25) is 0 Å². The first-order chi connectivity index (χ1) is 12.7. The van der Waals surface area contributed by atoms with E-state index in [1.807, 2.05) is 18.2 Å². The fourth-order valence-electron chi connectivity index (χ4n) is 3.02. The molecule has 5 nitrogen and oxygen atoms in total. The van der Waals surface area contributed by atoms with Crippen LogP contribution < -0.4 is 9.47 Å². The number of benzene rings is 2. The van der Waals surface area contributed by atoms with Crippen molar-refractivity contribution in [3.05, 3.63) is 65.5 Å². The summed E-state index contributed by atoms with van der Waals surface area (Å²) >= 11 is 0. The summed E-state index contributed by atoms with van der Waals surface area (Å²) in [5.74, 6) is 1.02. The van der Waals surface area contributed by atoms with Crippen LogP contribution >= 0.6 is 0 Å². The van der Waals surface area contributed by atoms with E-state index in [1.165, 1.54) is 12.1 Å². The second-order valence-corrected chi connectivity index (χ2v) is 6.14. The highest BCUT2D eigenvalue weighted by Gasteiger charge is 2.24. The molecule has 6 heteroatoms. The Hall–Kier alpha value is -2.86. The highest BCUT2D eigenvalue weighted by molar-refractivity contribution is 5.92. The summed E-state index contributed by atoms with van der Waals surface area (Å²) in [6, 6.07) is 11.7. The molecule has 0 N–H and O–H groups in total. The normalized spacial score (nSPS) is 19.1. The Morgan fingerprint density at radius 3 is 2.77 bits per heavy atom. The summed E-state index contributed by atoms with van der Waals surface area (Å²) in [4.78, 5) is 14.2. The van der Waals surface area contributed by atoms with Crippen LogP contribution in [-0.4, -0.2) is 37.3 Å². The van der Waals surface area contributed by atoms with E-state index in [4.69, 9.17) is 14.2 Å². The molecule has 1 saturated heterocycles. The number of fused-ring (bicyclic) bond motifs is 1. The maximum absolute atomic E-state index is 13.1. The molecule has 134 valence electrons. The lowest BCUT2D eigenvalue weighted by Crippen LogP contribution is -2.41. The van der Waals surface area contributed by atoms with Crippen molar-refractivity contribution in [1.29, 1.82) is 0 Å². The molecule has 1 atom stereocenters. The molecule has 1 fully saturated rings. The van der Waals surface area contributed by atoms with Gasteiger partial charge in [0.05, 0.1) is 13.2 Å². The molecular weight excluding hydrogens is 337 g/mol. The van der Waals surface area contributed by atoms with E-state index in [0.717, 1.165) is 11.1 Å². The summed E-state index contributed by atoms with van der Waals surface area (Å²) in [5.41, 5.74) is 1.73. The Balaban J connectivity index is 1.41. The monoisotopic (exact) mass is 355 g/mol. The van der Waals surface area contributed by atoms with Crippen LogP contribution in [0, 0.1) is 5.82 Å². The molecule has 1 amide bonds. The van der Waals surface area contributed by atoms with Gasteiger partial charge < -0.3 is 19.1 Å². The molecule has 2 aliphatic heterocycles. The van der Waals surface area contributed by atoms with Gasteiger partial charge in [0.25, 0.3) is 0 Å². The van der Waals surface area contributed by atoms with Gasteiger partial charge in [-0.2, -0.15) is 0 Å². The lowest BCUT2D eigenvalue weighted by atomic mass is 10.1. The van der Waals surface area contributed by atoms with Gasteiger partial charge in [-0.15, -0.1) is 0 Å². The van der Waals surface area contributed by atoms with Crippen molar-refractivity contribution in [3.8, 4) is 11.5 Å². The SMILES string of the molecule is O=C(/C=C/c1ccc2c(c1)OCO2)N1CCOC(c2ccc(F)cc2)C1. The van der Waals surface area contributed by atoms with Crippen molar-refractivity contribution in [3.63, 3.8) is 0 Å². The van der Waals surface area contributed by atoms with E-state index >= 15 is 0 Å². The van der Waals surface area contributed by atoms with Gasteiger partial charge in [-0.05, 0) is 41.5 Å². The van der Waals surface area contributed by atoms with Crippen molar-refractivity contribution >= 4 is 12.0 Å². The number of carbonyl (C=O) groups is 1. The summed E-state index contributed by atoms with van der Waals surface area (Å²) in [5, 5.41) is 0. The molecule has 0 spiro atoms. The molecule has 2 aliphatic rings. The zero-order chi connectivity index (χ0) is 17.9. The number of rotatable bonds is 3. The number of ether oxygens (including phenoxy) is 3. The molecular formula is C20H18FNO4. The van der Waals surface area contributed by atoms with Crippen molar-refractivity contribution in [2.75, 3.05) is 26.5 Å². The number of amides is 1. The Morgan fingerprint density at radius 1 is 1.12 bits per heavy atom. The molecule has 0 aromatic heterocycles. The van der Waals surface area contributed by atoms with Gasteiger partial charge in [0.15, 0.2) is 11.5 Å². The van der Waals surface area contributed by atoms with Gasteiger partial charge in [0.1, 0.15) is 11.9 Å². The van der Waals surface area contributed by atoms with E-state index < -0.39 is 0 Å². The Kier molecular flexibility index (Phi) is 4.58. The maximum atomic E-state index is 13.1. The molecule has 0 aliphatic carbocycles. The van der Waals surface area contributed by atoms with Crippen molar-refractivity contribution < 1.29 is 23.4 Å². The highest BCUT2D eigenvalue weighted by atomic mass is 19.1. The first kappa shape index (κ1) is 16.6.